The van der Waals surface area contributed by atoms with Gasteiger partial charge in [-0.25, -0.2) is 9.78 Å². The number of carbonyl (C=O) groups is 1. The molecule has 3 rings (SSSR count). The Labute approximate surface area is 150 Å². The van der Waals surface area contributed by atoms with Crippen LogP contribution in [0.3, 0.4) is 0 Å². The number of hydrogen-bond donors (Lipinski definition) is 1. The van der Waals surface area contributed by atoms with Gasteiger partial charge >= 0.3 is 12.1 Å². The predicted molar refractivity (Wildman–Crippen MR) is 95.3 cm³/mol. The van der Waals surface area contributed by atoms with Crippen molar-refractivity contribution in [3.8, 4) is 0 Å². The van der Waals surface area contributed by atoms with E-state index in [1.807, 2.05) is 0 Å². The summed E-state index contributed by atoms with van der Waals surface area (Å²) >= 11 is 0. The van der Waals surface area contributed by atoms with Crippen molar-refractivity contribution in [2.45, 2.75) is 33.4 Å². The van der Waals surface area contributed by atoms with Gasteiger partial charge in [0, 0.05) is 18.5 Å². The lowest BCUT2D eigenvalue weighted by Crippen LogP contribution is -2.39. The van der Waals surface area contributed by atoms with E-state index in [1.165, 1.54) is 17.4 Å². The van der Waals surface area contributed by atoms with Crippen molar-refractivity contribution in [3.63, 3.8) is 0 Å². The van der Waals surface area contributed by atoms with Gasteiger partial charge < -0.3 is 10.0 Å². The first kappa shape index (κ1) is 20.0. The van der Waals surface area contributed by atoms with E-state index in [2.05, 4.69) is 56.0 Å². The molecular weight excluding hydrogens is 345 g/mol. The van der Waals surface area contributed by atoms with Gasteiger partial charge in [-0.1, -0.05) is 32.0 Å². The summed E-state index contributed by atoms with van der Waals surface area (Å²) in [7, 11) is 0. The largest absolute Gasteiger partial charge is 0.490 e. The predicted octanol–water partition coefficient (Wildman–Crippen LogP) is 4.66. The highest BCUT2D eigenvalue weighted by Crippen LogP contribution is 2.28. The second-order valence-electron chi connectivity index (χ2n) is 6.97. The number of piperidine rings is 1. The third kappa shape index (κ3) is 5.09. The third-order valence-electron chi connectivity index (χ3n) is 4.34. The number of benzene rings is 1. The Bertz CT molecular complexity index is 767. The van der Waals surface area contributed by atoms with Crippen LogP contribution in [0.4, 0.5) is 19.0 Å². The molecule has 2 atom stereocenters. The average Bonchev–Trinajstić information content (AvgIpc) is 2.53. The van der Waals surface area contributed by atoms with Crippen LogP contribution in [0.1, 0.15) is 25.8 Å². The number of fused-ring (bicyclic) bond motifs is 1. The number of aromatic nitrogens is 1. The van der Waals surface area contributed by atoms with Crippen molar-refractivity contribution in [2.75, 3.05) is 18.0 Å². The minimum atomic E-state index is -5.08. The standard InChI is InChI=1S/C17H22N2.C2HF3O2/c1-12-8-13(2)11-19(10-12)17-9-14(3)15-6-4-5-7-16(15)18-17;3-2(4,5)1(6)7/h4-7,9,12-13H,8,10-11H2,1-3H3;(H,6,7). The first-order valence-electron chi connectivity index (χ1n) is 8.49. The number of aliphatic carboxylic acids is 1. The number of pyridine rings is 1. The fourth-order valence-corrected chi connectivity index (χ4v) is 3.34. The van der Waals surface area contributed by atoms with Gasteiger partial charge in [0.1, 0.15) is 5.82 Å². The first-order valence-corrected chi connectivity index (χ1v) is 8.49. The molecule has 0 bridgehead atoms. The van der Waals surface area contributed by atoms with Gasteiger partial charge in [-0.2, -0.15) is 13.2 Å². The Morgan fingerprint density at radius 1 is 1.19 bits per heavy atom. The van der Waals surface area contributed by atoms with Crippen LogP contribution in [0.15, 0.2) is 30.3 Å². The van der Waals surface area contributed by atoms with E-state index < -0.39 is 12.1 Å². The van der Waals surface area contributed by atoms with Crippen molar-refractivity contribution in [1.29, 1.82) is 0 Å². The number of carboxylic acids is 1. The number of alkyl halides is 3. The number of aryl methyl sites for hydroxylation is 1. The second kappa shape index (κ2) is 7.93. The monoisotopic (exact) mass is 368 g/mol. The molecule has 1 aliphatic rings. The number of carboxylic acid groups (broad SMARTS) is 1. The summed E-state index contributed by atoms with van der Waals surface area (Å²) in [6.45, 7) is 9.14. The Morgan fingerprint density at radius 2 is 1.73 bits per heavy atom. The van der Waals surface area contributed by atoms with E-state index in [9.17, 15) is 13.2 Å². The van der Waals surface area contributed by atoms with Crippen LogP contribution < -0.4 is 4.90 Å². The number of para-hydroxylation sites is 1. The molecule has 0 saturated carbocycles. The summed E-state index contributed by atoms with van der Waals surface area (Å²) in [5, 5.41) is 8.39. The lowest BCUT2D eigenvalue weighted by atomic mass is 9.92. The molecule has 2 aromatic rings. The quantitative estimate of drug-likeness (QED) is 0.795. The van der Waals surface area contributed by atoms with Crippen molar-refractivity contribution < 1.29 is 23.1 Å². The number of anilines is 1. The van der Waals surface area contributed by atoms with Gasteiger partial charge in [0.05, 0.1) is 5.52 Å². The smallest absolute Gasteiger partial charge is 0.475 e. The van der Waals surface area contributed by atoms with E-state index in [0.29, 0.717) is 0 Å². The van der Waals surface area contributed by atoms with Crippen molar-refractivity contribution in [3.05, 3.63) is 35.9 Å². The van der Waals surface area contributed by atoms with Crippen molar-refractivity contribution >= 4 is 22.7 Å². The Kier molecular flexibility index (Phi) is 6.10. The zero-order chi connectivity index (χ0) is 19.5. The van der Waals surface area contributed by atoms with E-state index in [0.717, 1.165) is 36.3 Å². The molecule has 0 aliphatic carbocycles. The number of nitrogens with zero attached hydrogens (tertiary/aromatic N) is 2. The topological polar surface area (TPSA) is 53.4 Å². The molecule has 1 aromatic heterocycles. The molecule has 7 heteroatoms. The highest BCUT2D eigenvalue weighted by molar-refractivity contribution is 5.83. The maximum Gasteiger partial charge on any atom is 0.490 e. The van der Waals surface area contributed by atoms with E-state index >= 15 is 0 Å². The van der Waals surface area contributed by atoms with Gasteiger partial charge in [-0.05, 0) is 42.9 Å². The summed E-state index contributed by atoms with van der Waals surface area (Å²) in [6.07, 6.45) is -3.75. The molecular formula is C19H23F3N2O2. The van der Waals surface area contributed by atoms with E-state index in [1.54, 1.807) is 0 Å². The Morgan fingerprint density at radius 3 is 2.27 bits per heavy atom. The molecule has 0 radical (unpaired) electrons. The van der Waals surface area contributed by atoms with Gasteiger partial charge in [0.25, 0.3) is 0 Å². The van der Waals surface area contributed by atoms with Gasteiger partial charge in [0.15, 0.2) is 0 Å². The maximum atomic E-state index is 10.6. The van der Waals surface area contributed by atoms with Gasteiger partial charge in [-0.3, -0.25) is 0 Å². The molecule has 1 N–H and O–H groups in total. The SMILES string of the molecule is Cc1cc(N2CC(C)CC(C)C2)nc2ccccc12.O=C(O)C(F)(F)F. The average molecular weight is 368 g/mol. The molecule has 4 nitrogen and oxygen atoms in total. The van der Waals surface area contributed by atoms with E-state index in [4.69, 9.17) is 14.9 Å². The maximum absolute atomic E-state index is 10.6. The summed E-state index contributed by atoms with van der Waals surface area (Å²) in [5.74, 6) is -0.0863. The van der Waals surface area contributed by atoms with Crippen molar-refractivity contribution in [1.82, 2.24) is 4.98 Å². The molecule has 1 aliphatic heterocycles. The minimum absolute atomic E-state index is 0.761. The van der Waals surface area contributed by atoms with Crippen LogP contribution in [0.2, 0.25) is 0 Å². The lowest BCUT2D eigenvalue weighted by Gasteiger charge is -2.36. The zero-order valence-corrected chi connectivity index (χ0v) is 15.0. The highest BCUT2D eigenvalue weighted by atomic mass is 19.4. The van der Waals surface area contributed by atoms with Crippen LogP contribution >= 0.6 is 0 Å². The van der Waals surface area contributed by atoms with Gasteiger partial charge in [-0.15, -0.1) is 0 Å². The minimum Gasteiger partial charge on any atom is -0.475 e. The summed E-state index contributed by atoms with van der Waals surface area (Å²) in [6, 6.07) is 10.7. The zero-order valence-electron chi connectivity index (χ0n) is 15.0. The normalized spacial score (nSPS) is 20.5. The highest BCUT2D eigenvalue weighted by Gasteiger charge is 2.38. The molecule has 1 saturated heterocycles. The summed E-state index contributed by atoms with van der Waals surface area (Å²) in [4.78, 5) is 16.2. The molecule has 2 heterocycles. The number of hydrogen-bond acceptors (Lipinski definition) is 3. The third-order valence-corrected chi connectivity index (χ3v) is 4.34. The van der Waals surface area contributed by atoms with Crippen LogP contribution in [0, 0.1) is 18.8 Å². The van der Waals surface area contributed by atoms with Crippen LogP contribution in [0.25, 0.3) is 10.9 Å². The molecule has 1 aromatic carbocycles. The number of halogens is 3. The molecule has 2 unspecified atom stereocenters. The fraction of sp³-hybridized carbons (Fsp3) is 0.474. The molecule has 26 heavy (non-hydrogen) atoms. The molecule has 0 amide bonds. The van der Waals surface area contributed by atoms with Crippen molar-refractivity contribution in [2.24, 2.45) is 11.8 Å². The summed E-state index contributed by atoms with van der Waals surface area (Å²) in [5.41, 5.74) is 2.44. The summed E-state index contributed by atoms with van der Waals surface area (Å²) < 4.78 is 31.7. The first-order chi connectivity index (χ1) is 12.1. The molecule has 0 spiro atoms. The van der Waals surface area contributed by atoms with E-state index in [-0.39, 0.29) is 0 Å². The van der Waals surface area contributed by atoms with Gasteiger partial charge in [0.2, 0.25) is 0 Å². The lowest BCUT2D eigenvalue weighted by molar-refractivity contribution is -0.192. The fourth-order valence-electron chi connectivity index (χ4n) is 3.34. The van der Waals surface area contributed by atoms with Crippen LogP contribution in [0.5, 0.6) is 0 Å². The second-order valence-corrected chi connectivity index (χ2v) is 6.97. The van der Waals surface area contributed by atoms with Crippen LogP contribution in [-0.2, 0) is 4.79 Å². The molecule has 142 valence electrons. The Balaban J connectivity index is 0.000000298. The Hall–Kier alpha value is -2.31. The van der Waals surface area contributed by atoms with Crippen LogP contribution in [-0.4, -0.2) is 35.3 Å². The number of rotatable bonds is 1. The molecule has 1 fully saturated rings.